The lowest BCUT2D eigenvalue weighted by molar-refractivity contribution is -0.118. The van der Waals surface area contributed by atoms with Gasteiger partial charge < -0.3 is 9.73 Å². The molecule has 1 amide bonds. The van der Waals surface area contributed by atoms with Gasteiger partial charge >= 0.3 is 0 Å². The van der Waals surface area contributed by atoms with Crippen molar-refractivity contribution in [3.05, 3.63) is 41.3 Å². The number of aromatic nitrogens is 1. The van der Waals surface area contributed by atoms with Crippen LogP contribution in [0.25, 0.3) is 11.5 Å². The first-order chi connectivity index (χ1) is 13.9. The highest BCUT2D eigenvalue weighted by atomic mass is 32.2. The smallest absolute Gasteiger partial charge is 0.232 e. The van der Waals surface area contributed by atoms with Gasteiger partial charge in [-0.05, 0) is 52.3 Å². The molecule has 2 aromatic rings. The maximum atomic E-state index is 12.4. The van der Waals surface area contributed by atoms with E-state index in [0.29, 0.717) is 29.9 Å². The molecule has 1 fully saturated rings. The fourth-order valence-electron chi connectivity index (χ4n) is 3.61. The lowest BCUT2D eigenvalue weighted by Crippen LogP contribution is -2.43. The van der Waals surface area contributed by atoms with Gasteiger partial charge in [0.25, 0.3) is 0 Å². The van der Waals surface area contributed by atoms with Crippen molar-refractivity contribution in [1.29, 1.82) is 0 Å². The quantitative estimate of drug-likeness (QED) is 0.714. The molecule has 2 atom stereocenters. The maximum Gasteiger partial charge on any atom is 0.232 e. The van der Waals surface area contributed by atoms with Crippen molar-refractivity contribution in [1.82, 2.24) is 15.2 Å². The molecular weight excluding hydrogens is 386 g/mol. The van der Waals surface area contributed by atoms with E-state index in [-0.39, 0.29) is 17.4 Å². The predicted octanol–water partition coefficient (Wildman–Crippen LogP) is 3.20. The Morgan fingerprint density at radius 3 is 2.76 bits per heavy atom. The molecule has 0 saturated carbocycles. The van der Waals surface area contributed by atoms with Crippen LogP contribution in [0.3, 0.4) is 0 Å². The first-order valence-corrected chi connectivity index (χ1v) is 11.8. The molecule has 0 spiro atoms. The van der Waals surface area contributed by atoms with E-state index in [2.05, 4.69) is 22.1 Å². The number of benzene rings is 1. The molecule has 7 heteroatoms. The molecule has 0 bridgehead atoms. The number of amides is 1. The van der Waals surface area contributed by atoms with Crippen molar-refractivity contribution in [2.75, 3.05) is 25.4 Å². The molecule has 29 heavy (non-hydrogen) atoms. The van der Waals surface area contributed by atoms with E-state index in [1.807, 2.05) is 38.1 Å². The Morgan fingerprint density at radius 1 is 1.28 bits per heavy atom. The third-order valence-electron chi connectivity index (χ3n) is 5.44. The lowest BCUT2D eigenvalue weighted by Gasteiger charge is -2.33. The van der Waals surface area contributed by atoms with Crippen LogP contribution in [0.5, 0.6) is 0 Å². The van der Waals surface area contributed by atoms with E-state index in [0.717, 1.165) is 18.7 Å². The van der Waals surface area contributed by atoms with Gasteiger partial charge in [0.15, 0.2) is 0 Å². The van der Waals surface area contributed by atoms with Crippen molar-refractivity contribution in [2.24, 2.45) is 0 Å². The second-order valence-corrected chi connectivity index (χ2v) is 9.30. The summed E-state index contributed by atoms with van der Waals surface area (Å²) < 4.78 is 18.2. The molecule has 0 radical (unpaired) electrons. The van der Waals surface area contributed by atoms with Gasteiger partial charge in [-0.3, -0.25) is 13.9 Å². The number of oxazole rings is 1. The molecule has 0 unspecified atom stereocenters. The van der Waals surface area contributed by atoms with Crippen molar-refractivity contribution in [2.45, 2.75) is 51.8 Å². The number of carbonyl (C=O) groups excluding carboxylic acids is 1. The van der Waals surface area contributed by atoms with Crippen LogP contribution in [-0.4, -0.2) is 51.4 Å². The van der Waals surface area contributed by atoms with Crippen LogP contribution < -0.4 is 5.32 Å². The van der Waals surface area contributed by atoms with Gasteiger partial charge in [-0.25, -0.2) is 4.98 Å². The van der Waals surface area contributed by atoms with Crippen LogP contribution in [0.1, 0.15) is 43.2 Å². The zero-order chi connectivity index (χ0) is 20.8. The molecule has 158 valence electrons. The van der Waals surface area contributed by atoms with Crippen molar-refractivity contribution < 1.29 is 13.4 Å². The third kappa shape index (κ3) is 6.24. The molecule has 1 N–H and O–H groups in total. The fraction of sp³-hybridized carbons (Fsp3) is 0.545. The number of piperidine rings is 1. The van der Waals surface area contributed by atoms with Gasteiger partial charge in [-0.1, -0.05) is 24.1 Å². The standard InChI is InChI=1S/C22H31N3O3S/c1-16-7-9-19(10-8-16)22-24-20(18(3)28-22)14-29(27)15-21(26)23-11-13-25-12-5-4-6-17(25)2/h7-10,17H,4-6,11-15H2,1-3H3,(H,23,26)/t17-,29-/m0/s1. The van der Waals surface area contributed by atoms with E-state index in [9.17, 15) is 9.00 Å². The number of carbonyl (C=O) groups is 1. The van der Waals surface area contributed by atoms with Crippen LogP contribution in [0.2, 0.25) is 0 Å². The largest absolute Gasteiger partial charge is 0.441 e. The summed E-state index contributed by atoms with van der Waals surface area (Å²) in [6.45, 7) is 8.62. The molecule has 3 rings (SSSR count). The normalized spacial score (nSPS) is 18.5. The SMILES string of the molecule is Cc1ccc(-c2nc(C[S@](=O)CC(=O)NCCN3CCCC[C@@H]3C)c(C)o2)cc1. The second kappa shape index (κ2) is 10.2. The molecule has 0 aliphatic carbocycles. The Kier molecular flexibility index (Phi) is 7.61. The van der Waals surface area contributed by atoms with Crippen LogP contribution in [-0.2, 0) is 21.3 Å². The minimum atomic E-state index is -1.32. The maximum absolute atomic E-state index is 12.4. The number of hydrogen-bond donors (Lipinski definition) is 1. The number of rotatable bonds is 8. The van der Waals surface area contributed by atoms with Gasteiger partial charge in [0.2, 0.25) is 11.8 Å². The van der Waals surface area contributed by atoms with Crippen LogP contribution >= 0.6 is 0 Å². The first-order valence-electron chi connectivity index (χ1n) is 10.3. The Bertz CT molecular complexity index is 847. The monoisotopic (exact) mass is 417 g/mol. The minimum absolute atomic E-state index is 0.0122. The molecule has 1 aliphatic rings. The Hall–Kier alpha value is -1.99. The van der Waals surface area contributed by atoms with E-state index in [1.54, 1.807) is 0 Å². The lowest BCUT2D eigenvalue weighted by atomic mass is 10.0. The van der Waals surface area contributed by atoms with Gasteiger partial charge in [0.05, 0.1) is 11.4 Å². The predicted molar refractivity (Wildman–Crippen MR) is 116 cm³/mol. The van der Waals surface area contributed by atoms with Gasteiger partial charge in [-0.15, -0.1) is 0 Å². The van der Waals surface area contributed by atoms with Gasteiger partial charge in [-0.2, -0.15) is 0 Å². The second-order valence-electron chi connectivity index (χ2n) is 7.85. The van der Waals surface area contributed by atoms with Gasteiger partial charge in [0.1, 0.15) is 11.5 Å². The summed E-state index contributed by atoms with van der Waals surface area (Å²) in [5.74, 6) is 1.20. The zero-order valence-corrected chi connectivity index (χ0v) is 18.4. The first kappa shape index (κ1) is 21.7. The highest BCUT2D eigenvalue weighted by molar-refractivity contribution is 7.84. The number of nitrogens with zero attached hydrogens (tertiary/aromatic N) is 2. The summed E-state index contributed by atoms with van der Waals surface area (Å²) in [5.41, 5.74) is 2.70. The van der Waals surface area contributed by atoms with Crippen molar-refractivity contribution in [3.63, 3.8) is 0 Å². The summed E-state index contributed by atoms with van der Waals surface area (Å²) in [4.78, 5) is 19.0. The summed E-state index contributed by atoms with van der Waals surface area (Å²) in [5, 5.41) is 2.90. The summed E-state index contributed by atoms with van der Waals surface area (Å²) >= 11 is 0. The summed E-state index contributed by atoms with van der Waals surface area (Å²) in [7, 11) is -1.32. The Morgan fingerprint density at radius 2 is 2.03 bits per heavy atom. The molecule has 1 saturated heterocycles. The fourth-order valence-corrected chi connectivity index (χ4v) is 4.68. The summed E-state index contributed by atoms with van der Waals surface area (Å²) in [6.07, 6.45) is 3.74. The summed E-state index contributed by atoms with van der Waals surface area (Å²) in [6, 6.07) is 8.49. The van der Waals surface area contributed by atoms with Crippen LogP contribution in [0.4, 0.5) is 0 Å². The van der Waals surface area contributed by atoms with Crippen LogP contribution in [0, 0.1) is 13.8 Å². The molecule has 1 aromatic carbocycles. The molecule has 6 nitrogen and oxygen atoms in total. The number of nitrogens with one attached hydrogen (secondary N) is 1. The van der Waals surface area contributed by atoms with E-state index < -0.39 is 10.8 Å². The van der Waals surface area contributed by atoms with E-state index >= 15 is 0 Å². The topological polar surface area (TPSA) is 75.4 Å². The number of hydrogen-bond acceptors (Lipinski definition) is 5. The highest BCUT2D eigenvalue weighted by Gasteiger charge is 2.19. The highest BCUT2D eigenvalue weighted by Crippen LogP contribution is 2.23. The zero-order valence-electron chi connectivity index (χ0n) is 17.6. The van der Waals surface area contributed by atoms with Crippen LogP contribution in [0.15, 0.2) is 28.7 Å². The Balaban J connectivity index is 1.46. The van der Waals surface area contributed by atoms with E-state index in [1.165, 1.54) is 24.8 Å². The number of likely N-dealkylation sites (tertiary alicyclic amines) is 1. The average molecular weight is 418 g/mol. The minimum Gasteiger partial charge on any atom is -0.441 e. The molecule has 1 aliphatic heterocycles. The third-order valence-corrected chi connectivity index (χ3v) is 6.62. The number of aryl methyl sites for hydroxylation is 2. The van der Waals surface area contributed by atoms with Crippen molar-refractivity contribution >= 4 is 16.7 Å². The molecular formula is C22H31N3O3S. The average Bonchev–Trinajstić information content (AvgIpc) is 3.04. The van der Waals surface area contributed by atoms with Crippen molar-refractivity contribution in [3.8, 4) is 11.5 Å². The Labute approximate surface area is 175 Å². The van der Waals surface area contributed by atoms with Gasteiger partial charge in [0, 0.05) is 35.5 Å². The molecule has 1 aromatic heterocycles. The molecule has 2 heterocycles. The van der Waals surface area contributed by atoms with E-state index in [4.69, 9.17) is 4.42 Å².